The minimum atomic E-state index is -0.591. The van der Waals surface area contributed by atoms with E-state index in [2.05, 4.69) is 5.32 Å². The topological polar surface area (TPSA) is 64.4 Å². The van der Waals surface area contributed by atoms with E-state index in [1.54, 1.807) is 0 Å². The van der Waals surface area contributed by atoms with E-state index < -0.39 is 11.7 Å². The van der Waals surface area contributed by atoms with Gasteiger partial charge in [-0.25, -0.2) is 4.39 Å². The van der Waals surface area contributed by atoms with E-state index in [-0.39, 0.29) is 17.4 Å². The zero-order valence-electron chi connectivity index (χ0n) is 11.3. The zero-order valence-corrected chi connectivity index (χ0v) is 11.3. The molecule has 1 atom stereocenters. The minimum Gasteiger partial charge on any atom is -0.488 e. The molecule has 0 aliphatic carbocycles. The molecule has 21 heavy (non-hydrogen) atoms. The second kappa shape index (κ2) is 5.44. The summed E-state index contributed by atoms with van der Waals surface area (Å²) in [7, 11) is 0. The van der Waals surface area contributed by atoms with Crippen molar-refractivity contribution in [2.45, 2.75) is 12.5 Å². The molecule has 0 fully saturated rings. The molecule has 2 aromatic carbocycles. The molecule has 1 heterocycles. The van der Waals surface area contributed by atoms with Crippen LogP contribution in [0.2, 0.25) is 0 Å². The molecule has 0 aromatic heterocycles. The summed E-state index contributed by atoms with van der Waals surface area (Å²) >= 11 is 0. The van der Waals surface area contributed by atoms with Crippen LogP contribution in [-0.4, -0.2) is 18.6 Å². The molecule has 3 N–H and O–H groups in total. The Morgan fingerprint density at radius 3 is 2.90 bits per heavy atom. The van der Waals surface area contributed by atoms with Gasteiger partial charge in [0.25, 0.3) is 5.91 Å². The van der Waals surface area contributed by atoms with E-state index in [1.165, 1.54) is 18.2 Å². The van der Waals surface area contributed by atoms with Crippen LogP contribution in [0.15, 0.2) is 42.5 Å². The van der Waals surface area contributed by atoms with Gasteiger partial charge in [0, 0.05) is 6.42 Å². The lowest BCUT2D eigenvalue weighted by molar-refractivity contribution is 0.0934. The zero-order chi connectivity index (χ0) is 14.8. The van der Waals surface area contributed by atoms with Crippen molar-refractivity contribution in [1.82, 2.24) is 5.32 Å². The van der Waals surface area contributed by atoms with Crippen LogP contribution in [0.3, 0.4) is 0 Å². The maximum Gasteiger partial charge on any atom is 0.253 e. The average Bonchev–Trinajstić information content (AvgIpc) is 2.90. The number of benzene rings is 2. The molecular formula is C16H15FN2O2. The summed E-state index contributed by atoms with van der Waals surface area (Å²) in [5, 5.41) is 2.73. The van der Waals surface area contributed by atoms with Gasteiger partial charge >= 0.3 is 0 Å². The number of hydrogen-bond acceptors (Lipinski definition) is 3. The van der Waals surface area contributed by atoms with Crippen LogP contribution in [0.4, 0.5) is 10.1 Å². The van der Waals surface area contributed by atoms with Crippen LogP contribution >= 0.6 is 0 Å². The number of amides is 1. The van der Waals surface area contributed by atoms with Crippen LogP contribution in [-0.2, 0) is 6.42 Å². The molecule has 0 spiro atoms. The monoisotopic (exact) mass is 286 g/mol. The number of nitrogens with one attached hydrogen (secondary N) is 1. The summed E-state index contributed by atoms with van der Waals surface area (Å²) in [4.78, 5) is 12.0. The number of anilines is 1. The molecule has 2 aromatic rings. The van der Waals surface area contributed by atoms with Crippen molar-refractivity contribution in [3.63, 3.8) is 0 Å². The molecule has 1 aliphatic heterocycles. The predicted molar refractivity (Wildman–Crippen MR) is 77.7 cm³/mol. The maximum absolute atomic E-state index is 13.3. The van der Waals surface area contributed by atoms with Gasteiger partial charge in [0.1, 0.15) is 17.7 Å². The first-order valence-electron chi connectivity index (χ1n) is 6.72. The fourth-order valence-corrected chi connectivity index (χ4v) is 2.40. The van der Waals surface area contributed by atoms with Gasteiger partial charge in [-0.05, 0) is 23.8 Å². The van der Waals surface area contributed by atoms with Crippen molar-refractivity contribution in [1.29, 1.82) is 0 Å². The summed E-state index contributed by atoms with van der Waals surface area (Å²) in [6.45, 7) is 0.351. The highest BCUT2D eigenvalue weighted by molar-refractivity contribution is 5.99. The second-order valence-electron chi connectivity index (χ2n) is 4.96. The van der Waals surface area contributed by atoms with Crippen molar-refractivity contribution < 1.29 is 13.9 Å². The van der Waals surface area contributed by atoms with Crippen LogP contribution in [0.25, 0.3) is 0 Å². The first-order chi connectivity index (χ1) is 10.1. The van der Waals surface area contributed by atoms with Gasteiger partial charge in [-0.15, -0.1) is 0 Å². The smallest absolute Gasteiger partial charge is 0.253 e. The van der Waals surface area contributed by atoms with Crippen LogP contribution < -0.4 is 15.8 Å². The molecule has 1 aliphatic rings. The van der Waals surface area contributed by atoms with E-state index in [1.807, 2.05) is 24.3 Å². The summed E-state index contributed by atoms with van der Waals surface area (Å²) in [5.74, 6) is -0.138. The number of hydrogen-bond donors (Lipinski definition) is 2. The van der Waals surface area contributed by atoms with Crippen molar-refractivity contribution in [2.75, 3.05) is 12.3 Å². The lowest BCUT2D eigenvalue weighted by Gasteiger charge is -2.13. The Labute approximate surface area is 121 Å². The number of ether oxygens (including phenoxy) is 1. The van der Waals surface area contributed by atoms with E-state index in [4.69, 9.17) is 10.5 Å². The first kappa shape index (κ1) is 13.4. The fourth-order valence-electron chi connectivity index (χ4n) is 2.40. The van der Waals surface area contributed by atoms with Crippen molar-refractivity contribution >= 4 is 11.6 Å². The molecule has 5 heteroatoms. The SMILES string of the molecule is Nc1c(F)cccc1C(=O)NCC1Cc2ccccc2O1. The van der Waals surface area contributed by atoms with Gasteiger partial charge in [0.15, 0.2) is 0 Å². The Bertz CT molecular complexity index is 663. The Morgan fingerprint density at radius 1 is 1.29 bits per heavy atom. The molecule has 0 saturated carbocycles. The van der Waals surface area contributed by atoms with Crippen LogP contribution in [0, 0.1) is 5.82 Å². The molecule has 108 valence electrons. The standard InChI is InChI=1S/C16H15FN2O2/c17-13-6-3-5-12(15(13)18)16(20)19-9-11-8-10-4-1-2-7-14(10)21-11/h1-7,11H,8-9,18H2,(H,19,20). The van der Waals surface area contributed by atoms with Gasteiger partial charge in [0.05, 0.1) is 17.8 Å². The Balaban J connectivity index is 1.62. The quantitative estimate of drug-likeness (QED) is 0.850. The first-order valence-corrected chi connectivity index (χ1v) is 6.72. The normalized spacial score (nSPS) is 16.1. The Kier molecular flexibility index (Phi) is 3.48. The molecule has 0 radical (unpaired) electrons. The average molecular weight is 286 g/mol. The van der Waals surface area contributed by atoms with E-state index in [9.17, 15) is 9.18 Å². The van der Waals surface area contributed by atoms with Crippen LogP contribution in [0.1, 0.15) is 15.9 Å². The van der Waals surface area contributed by atoms with Crippen molar-refractivity contribution in [3.05, 3.63) is 59.4 Å². The van der Waals surface area contributed by atoms with Gasteiger partial charge in [0.2, 0.25) is 0 Å². The number of halogens is 1. The van der Waals surface area contributed by atoms with E-state index in [0.29, 0.717) is 6.54 Å². The number of nitrogens with two attached hydrogens (primary N) is 1. The molecule has 1 unspecified atom stereocenters. The van der Waals surface area contributed by atoms with Crippen molar-refractivity contribution in [2.24, 2.45) is 0 Å². The lowest BCUT2D eigenvalue weighted by Crippen LogP contribution is -2.34. The molecule has 1 amide bonds. The fraction of sp³-hybridized carbons (Fsp3) is 0.188. The summed E-state index contributed by atoms with van der Waals surface area (Å²) in [5.41, 5.74) is 6.71. The minimum absolute atomic E-state index is 0.110. The third-order valence-corrected chi connectivity index (χ3v) is 3.50. The van der Waals surface area contributed by atoms with Gasteiger partial charge in [-0.2, -0.15) is 0 Å². The van der Waals surface area contributed by atoms with Gasteiger partial charge in [-0.1, -0.05) is 24.3 Å². The Hall–Kier alpha value is -2.56. The largest absolute Gasteiger partial charge is 0.488 e. The highest BCUT2D eigenvalue weighted by Crippen LogP contribution is 2.27. The molecule has 0 bridgehead atoms. The Morgan fingerprint density at radius 2 is 2.10 bits per heavy atom. The number of fused-ring (bicyclic) bond motifs is 1. The van der Waals surface area contributed by atoms with Crippen molar-refractivity contribution in [3.8, 4) is 5.75 Å². The van der Waals surface area contributed by atoms with Gasteiger partial charge < -0.3 is 15.8 Å². The molecular weight excluding hydrogens is 271 g/mol. The lowest BCUT2D eigenvalue weighted by atomic mass is 10.1. The van der Waals surface area contributed by atoms with Crippen LogP contribution in [0.5, 0.6) is 5.75 Å². The predicted octanol–water partition coefficient (Wildman–Crippen LogP) is 2.14. The molecule has 4 nitrogen and oxygen atoms in total. The summed E-state index contributed by atoms with van der Waals surface area (Å²) in [6, 6.07) is 12.0. The third-order valence-electron chi connectivity index (χ3n) is 3.50. The highest BCUT2D eigenvalue weighted by atomic mass is 19.1. The molecule has 3 rings (SSSR count). The highest BCUT2D eigenvalue weighted by Gasteiger charge is 2.23. The summed E-state index contributed by atoms with van der Waals surface area (Å²) < 4.78 is 19.1. The van der Waals surface area contributed by atoms with Gasteiger partial charge in [-0.3, -0.25) is 4.79 Å². The summed E-state index contributed by atoms with van der Waals surface area (Å²) in [6.07, 6.45) is 0.635. The van der Waals surface area contributed by atoms with E-state index in [0.717, 1.165) is 17.7 Å². The number of carbonyl (C=O) groups excluding carboxylic acids is 1. The second-order valence-corrected chi connectivity index (χ2v) is 4.96. The number of nitrogen functional groups attached to an aromatic ring is 1. The maximum atomic E-state index is 13.3. The number of carbonyl (C=O) groups is 1. The third kappa shape index (κ3) is 2.67. The van der Waals surface area contributed by atoms with E-state index >= 15 is 0 Å². The number of rotatable bonds is 3. The number of para-hydroxylation sites is 2. The molecule has 0 saturated heterocycles.